The molecule has 0 spiro atoms. The normalized spacial score (nSPS) is 11.5. The van der Waals surface area contributed by atoms with Crippen molar-refractivity contribution in [3.8, 4) is 5.82 Å². The van der Waals surface area contributed by atoms with E-state index in [4.69, 9.17) is 0 Å². The van der Waals surface area contributed by atoms with E-state index < -0.39 is 10.0 Å². The van der Waals surface area contributed by atoms with Crippen LogP contribution in [0.2, 0.25) is 0 Å². The second-order valence-electron chi connectivity index (χ2n) is 6.67. The lowest BCUT2D eigenvalue weighted by molar-refractivity contribution is 0.582. The number of rotatable bonds is 8. The van der Waals surface area contributed by atoms with E-state index in [9.17, 15) is 8.42 Å². The van der Waals surface area contributed by atoms with Crippen LogP contribution >= 0.6 is 0 Å². The molecule has 28 heavy (non-hydrogen) atoms. The number of aromatic nitrogens is 4. The molecule has 2 aromatic heterocycles. The second-order valence-corrected chi connectivity index (χ2v) is 8.47. The predicted octanol–water partition coefficient (Wildman–Crippen LogP) is 2.12. The Kier molecular flexibility index (Phi) is 6.05. The molecule has 0 aliphatic rings. The lowest BCUT2D eigenvalue weighted by Gasteiger charge is -2.10. The largest absolute Gasteiger partial charge is 0.369 e. The minimum absolute atomic E-state index is 0.0388. The zero-order chi connectivity index (χ0) is 20.1. The first-order valence-corrected chi connectivity index (χ1v) is 10.6. The fourth-order valence-electron chi connectivity index (χ4n) is 2.77. The quantitative estimate of drug-likeness (QED) is 0.562. The third-order valence-electron chi connectivity index (χ3n) is 4.11. The molecule has 2 heterocycles. The van der Waals surface area contributed by atoms with Gasteiger partial charge in [0.1, 0.15) is 12.1 Å². The fourth-order valence-corrected chi connectivity index (χ4v) is 3.92. The Morgan fingerprint density at radius 2 is 1.75 bits per heavy atom. The summed E-state index contributed by atoms with van der Waals surface area (Å²) in [5.41, 5.74) is 3.75. The first-order chi connectivity index (χ1) is 13.3. The SMILES string of the molecule is Cc1ccc(CS(=O)(=O)NCCNc2cc(-n3nc(C)cc3C)ncn2)cc1. The summed E-state index contributed by atoms with van der Waals surface area (Å²) in [7, 11) is -3.39. The highest BCUT2D eigenvalue weighted by molar-refractivity contribution is 7.88. The highest BCUT2D eigenvalue weighted by atomic mass is 32.2. The lowest BCUT2D eigenvalue weighted by atomic mass is 10.2. The zero-order valence-electron chi connectivity index (χ0n) is 16.2. The van der Waals surface area contributed by atoms with Crippen LogP contribution in [-0.4, -0.2) is 41.3 Å². The summed E-state index contributed by atoms with van der Waals surface area (Å²) in [6.45, 7) is 6.51. The van der Waals surface area contributed by atoms with Gasteiger partial charge in [0.25, 0.3) is 0 Å². The van der Waals surface area contributed by atoms with Crippen LogP contribution in [0.25, 0.3) is 5.82 Å². The van der Waals surface area contributed by atoms with E-state index in [1.165, 1.54) is 6.33 Å². The van der Waals surface area contributed by atoms with Crippen LogP contribution in [0.5, 0.6) is 0 Å². The summed E-state index contributed by atoms with van der Waals surface area (Å²) < 4.78 is 28.7. The molecule has 0 saturated heterocycles. The van der Waals surface area contributed by atoms with Crippen LogP contribution in [0.4, 0.5) is 5.82 Å². The predicted molar refractivity (Wildman–Crippen MR) is 109 cm³/mol. The molecule has 0 amide bonds. The molecule has 0 aliphatic carbocycles. The topological polar surface area (TPSA) is 102 Å². The van der Waals surface area contributed by atoms with Crippen LogP contribution in [0.15, 0.2) is 42.7 Å². The minimum atomic E-state index is -3.39. The molecule has 0 unspecified atom stereocenters. The standard InChI is InChI=1S/C19H24N6O2S/c1-14-4-6-17(7-5-14)12-28(26,27)23-9-8-20-18-11-19(22-13-21-18)25-16(3)10-15(2)24-25/h4-7,10-11,13,23H,8-9,12H2,1-3H3,(H,20,21,22). The van der Waals surface area contributed by atoms with Crippen molar-refractivity contribution >= 4 is 15.8 Å². The summed E-state index contributed by atoms with van der Waals surface area (Å²) in [6.07, 6.45) is 1.45. The Bertz CT molecular complexity index is 1040. The van der Waals surface area contributed by atoms with E-state index in [2.05, 4.69) is 25.1 Å². The summed E-state index contributed by atoms with van der Waals surface area (Å²) in [5, 5.41) is 7.51. The monoisotopic (exact) mass is 400 g/mol. The third-order valence-corrected chi connectivity index (χ3v) is 5.47. The van der Waals surface area contributed by atoms with E-state index in [0.29, 0.717) is 18.2 Å². The molecule has 0 aliphatic heterocycles. The molecule has 0 bridgehead atoms. The van der Waals surface area contributed by atoms with Crippen molar-refractivity contribution in [1.29, 1.82) is 0 Å². The first-order valence-electron chi connectivity index (χ1n) is 8.95. The number of hydrogen-bond acceptors (Lipinski definition) is 6. The zero-order valence-corrected chi connectivity index (χ0v) is 17.0. The third kappa shape index (κ3) is 5.37. The number of hydrogen-bond donors (Lipinski definition) is 2. The van der Waals surface area contributed by atoms with Crippen LogP contribution in [0.3, 0.4) is 0 Å². The number of nitrogens with one attached hydrogen (secondary N) is 2. The van der Waals surface area contributed by atoms with Gasteiger partial charge in [-0.3, -0.25) is 0 Å². The maximum absolute atomic E-state index is 12.2. The Morgan fingerprint density at radius 3 is 2.43 bits per heavy atom. The smallest absolute Gasteiger partial charge is 0.215 e. The van der Waals surface area contributed by atoms with Gasteiger partial charge in [-0.15, -0.1) is 0 Å². The van der Waals surface area contributed by atoms with E-state index in [-0.39, 0.29) is 12.3 Å². The molecule has 3 aromatic rings. The second kappa shape index (κ2) is 8.49. The molecular weight excluding hydrogens is 376 g/mol. The minimum Gasteiger partial charge on any atom is -0.369 e. The van der Waals surface area contributed by atoms with Gasteiger partial charge in [0.15, 0.2) is 5.82 Å². The van der Waals surface area contributed by atoms with Gasteiger partial charge in [-0.1, -0.05) is 29.8 Å². The van der Waals surface area contributed by atoms with E-state index in [1.54, 1.807) is 10.7 Å². The highest BCUT2D eigenvalue weighted by Crippen LogP contribution is 2.12. The average molecular weight is 401 g/mol. The van der Waals surface area contributed by atoms with Crippen molar-refractivity contribution < 1.29 is 8.42 Å². The van der Waals surface area contributed by atoms with Gasteiger partial charge >= 0.3 is 0 Å². The van der Waals surface area contributed by atoms with Crippen LogP contribution in [0.1, 0.15) is 22.5 Å². The molecule has 0 atom stereocenters. The summed E-state index contributed by atoms with van der Waals surface area (Å²) >= 11 is 0. The molecule has 0 fully saturated rings. The number of nitrogens with zero attached hydrogens (tertiary/aromatic N) is 4. The Balaban J connectivity index is 1.53. The van der Waals surface area contributed by atoms with Crippen molar-refractivity contribution in [2.75, 3.05) is 18.4 Å². The average Bonchev–Trinajstić information content (AvgIpc) is 2.99. The van der Waals surface area contributed by atoms with Crippen LogP contribution in [-0.2, 0) is 15.8 Å². The van der Waals surface area contributed by atoms with Crippen LogP contribution in [0, 0.1) is 20.8 Å². The Morgan fingerprint density at radius 1 is 1.00 bits per heavy atom. The number of benzene rings is 1. The van der Waals surface area contributed by atoms with Gasteiger partial charge < -0.3 is 5.32 Å². The molecule has 148 valence electrons. The lowest BCUT2D eigenvalue weighted by Crippen LogP contribution is -2.30. The molecule has 8 nitrogen and oxygen atoms in total. The van der Waals surface area contributed by atoms with Gasteiger partial charge in [0.05, 0.1) is 11.4 Å². The summed E-state index contributed by atoms with van der Waals surface area (Å²) in [5.74, 6) is 1.22. The van der Waals surface area contributed by atoms with Gasteiger partial charge in [-0.25, -0.2) is 27.8 Å². The number of sulfonamides is 1. The summed E-state index contributed by atoms with van der Waals surface area (Å²) in [4.78, 5) is 8.41. The number of aryl methyl sites for hydroxylation is 3. The maximum Gasteiger partial charge on any atom is 0.215 e. The van der Waals surface area contributed by atoms with E-state index in [0.717, 1.165) is 22.5 Å². The molecule has 2 N–H and O–H groups in total. The molecule has 9 heteroatoms. The maximum atomic E-state index is 12.2. The fraction of sp³-hybridized carbons (Fsp3) is 0.316. The molecule has 3 rings (SSSR count). The van der Waals surface area contributed by atoms with Crippen LogP contribution < -0.4 is 10.0 Å². The Hall–Kier alpha value is -2.78. The van der Waals surface area contributed by atoms with E-state index in [1.807, 2.05) is 51.1 Å². The first kappa shape index (κ1) is 20.0. The van der Waals surface area contributed by atoms with Crippen molar-refractivity contribution in [3.05, 3.63) is 65.2 Å². The highest BCUT2D eigenvalue weighted by Gasteiger charge is 2.11. The van der Waals surface area contributed by atoms with Crippen molar-refractivity contribution in [2.24, 2.45) is 0 Å². The molecule has 0 radical (unpaired) electrons. The van der Waals surface area contributed by atoms with Gasteiger partial charge in [0, 0.05) is 24.8 Å². The molecular formula is C19H24N6O2S. The van der Waals surface area contributed by atoms with Crippen molar-refractivity contribution in [2.45, 2.75) is 26.5 Å². The van der Waals surface area contributed by atoms with Gasteiger partial charge in [-0.2, -0.15) is 5.10 Å². The molecule has 0 saturated carbocycles. The van der Waals surface area contributed by atoms with Crippen molar-refractivity contribution in [3.63, 3.8) is 0 Å². The van der Waals surface area contributed by atoms with Gasteiger partial charge in [-0.05, 0) is 32.4 Å². The van der Waals surface area contributed by atoms with E-state index >= 15 is 0 Å². The Labute approximate surface area is 165 Å². The molecule has 1 aromatic carbocycles. The number of anilines is 1. The summed E-state index contributed by atoms with van der Waals surface area (Å²) in [6, 6.07) is 11.2. The van der Waals surface area contributed by atoms with Crippen molar-refractivity contribution in [1.82, 2.24) is 24.5 Å². The van der Waals surface area contributed by atoms with Gasteiger partial charge in [0.2, 0.25) is 10.0 Å².